The number of alkyl halides is 1. The van der Waals surface area contributed by atoms with E-state index >= 15 is 0 Å². The smallest absolute Gasteiger partial charge is 0.110 e. The van der Waals surface area contributed by atoms with Crippen LogP contribution in [-0.4, -0.2) is 11.2 Å². The molecule has 0 amide bonds. The molecule has 4 heteroatoms. The zero-order chi connectivity index (χ0) is 7.56. The van der Waals surface area contributed by atoms with Gasteiger partial charge in [0.15, 0.2) is 0 Å². The first-order valence-electron chi connectivity index (χ1n) is 3.18. The molecule has 0 unspecified atom stereocenters. The molecule has 0 saturated heterocycles. The molecule has 0 aromatic carbocycles. The van der Waals surface area contributed by atoms with Crippen LogP contribution in [0.25, 0.3) is 0 Å². The maximum absolute atomic E-state index is 12.0. The second kappa shape index (κ2) is 4.36. The predicted octanol–water partition coefficient (Wildman–Crippen LogP) is 1.42. The Labute approximate surface area is 71.6 Å². The maximum Gasteiger partial charge on any atom is 0.110 e. The highest BCUT2D eigenvalue weighted by atomic mass is 35.5. The normalized spacial score (nSPS) is 12.3. The van der Waals surface area contributed by atoms with E-state index in [4.69, 9.17) is 5.73 Å². The van der Waals surface area contributed by atoms with Gasteiger partial charge in [-0.15, -0.1) is 12.4 Å². The van der Waals surface area contributed by atoms with E-state index in [-0.39, 0.29) is 12.4 Å². The van der Waals surface area contributed by atoms with Crippen LogP contribution in [0.3, 0.4) is 0 Å². The minimum Gasteiger partial charge on any atom is -0.353 e. The zero-order valence-corrected chi connectivity index (χ0v) is 7.14. The van der Waals surface area contributed by atoms with E-state index in [0.29, 0.717) is 0 Å². The molecule has 1 atom stereocenters. The molecular weight excluding hydrogens is 167 g/mol. The first-order valence-corrected chi connectivity index (χ1v) is 3.18. The number of rotatable bonds is 2. The van der Waals surface area contributed by atoms with E-state index < -0.39 is 12.7 Å². The topological polar surface area (TPSA) is 30.9 Å². The Morgan fingerprint density at radius 1 is 1.73 bits per heavy atom. The van der Waals surface area contributed by atoms with Crippen molar-refractivity contribution in [1.82, 2.24) is 4.57 Å². The molecule has 0 saturated carbocycles. The minimum absolute atomic E-state index is 0. The summed E-state index contributed by atoms with van der Waals surface area (Å²) in [6.45, 7) is -0.502. The second-order valence-corrected chi connectivity index (χ2v) is 2.30. The Kier molecular flexibility index (Phi) is 4.15. The molecule has 0 fully saturated rings. The summed E-state index contributed by atoms with van der Waals surface area (Å²) in [5.74, 6) is 0. The average molecular weight is 179 g/mol. The third-order valence-corrected chi connectivity index (χ3v) is 1.53. The molecule has 2 N–H and O–H groups in total. The molecule has 0 bridgehead atoms. The third-order valence-electron chi connectivity index (χ3n) is 1.53. The summed E-state index contributed by atoms with van der Waals surface area (Å²) in [6.07, 6.45) is 1.85. The van der Waals surface area contributed by atoms with Crippen LogP contribution in [0.1, 0.15) is 11.7 Å². The molecule has 0 spiro atoms. The van der Waals surface area contributed by atoms with Crippen LogP contribution in [0.5, 0.6) is 0 Å². The summed E-state index contributed by atoms with van der Waals surface area (Å²) >= 11 is 0. The summed E-state index contributed by atoms with van der Waals surface area (Å²) < 4.78 is 13.8. The first kappa shape index (κ1) is 10.5. The SMILES string of the molecule is Cl.Cn1cccc1[C@H](N)CF. The molecule has 2 nitrogen and oxygen atoms in total. The largest absolute Gasteiger partial charge is 0.353 e. The highest BCUT2D eigenvalue weighted by Crippen LogP contribution is 2.09. The standard InChI is InChI=1S/C7H11FN2.ClH/c1-10-4-2-3-7(10)6(9)5-8;/h2-4,6H,5,9H2,1H3;1H/t6-;/m1./s1. The Balaban J connectivity index is 0.000001000. The second-order valence-electron chi connectivity index (χ2n) is 2.30. The molecule has 11 heavy (non-hydrogen) atoms. The van der Waals surface area contributed by atoms with E-state index in [1.165, 1.54) is 0 Å². The fraction of sp³-hybridized carbons (Fsp3) is 0.429. The Morgan fingerprint density at radius 3 is 2.73 bits per heavy atom. The fourth-order valence-corrected chi connectivity index (χ4v) is 0.939. The molecule has 1 heterocycles. The third kappa shape index (κ3) is 2.20. The summed E-state index contributed by atoms with van der Waals surface area (Å²) in [5.41, 5.74) is 6.28. The van der Waals surface area contributed by atoms with Gasteiger partial charge in [0.1, 0.15) is 6.67 Å². The van der Waals surface area contributed by atoms with Gasteiger partial charge in [0.25, 0.3) is 0 Å². The molecule has 1 aromatic rings. The van der Waals surface area contributed by atoms with Crippen molar-refractivity contribution in [2.45, 2.75) is 6.04 Å². The fourth-order valence-electron chi connectivity index (χ4n) is 0.939. The number of aromatic nitrogens is 1. The van der Waals surface area contributed by atoms with Crippen LogP contribution in [0.4, 0.5) is 4.39 Å². The lowest BCUT2D eigenvalue weighted by molar-refractivity contribution is 0.426. The lowest BCUT2D eigenvalue weighted by Crippen LogP contribution is -2.15. The van der Waals surface area contributed by atoms with E-state index in [2.05, 4.69) is 0 Å². The van der Waals surface area contributed by atoms with Crippen molar-refractivity contribution in [3.8, 4) is 0 Å². The summed E-state index contributed by atoms with van der Waals surface area (Å²) in [5, 5.41) is 0. The summed E-state index contributed by atoms with van der Waals surface area (Å²) in [4.78, 5) is 0. The van der Waals surface area contributed by atoms with Crippen molar-refractivity contribution in [1.29, 1.82) is 0 Å². The highest BCUT2D eigenvalue weighted by Gasteiger charge is 2.06. The molecule has 0 aliphatic carbocycles. The Hall–Kier alpha value is -0.540. The number of nitrogens with zero attached hydrogens (tertiary/aromatic N) is 1. The van der Waals surface area contributed by atoms with Crippen LogP contribution in [0, 0.1) is 0 Å². The molecule has 1 aromatic heterocycles. The van der Waals surface area contributed by atoms with Gasteiger partial charge >= 0.3 is 0 Å². The van der Waals surface area contributed by atoms with Gasteiger partial charge in [0, 0.05) is 18.9 Å². The van der Waals surface area contributed by atoms with Crippen LogP contribution < -0.4 is 5.73 Å². The van der Waals surface area contributed by atoms with Gasteiger partial charge in [-0.1, -0.05) is 0 Å². The Bertz CT molecular complexity index is 212. The van der Waals surface area contributed by atoms with E-state index in [9.17, 15) is 4.39 Å². The van der Waals surface area contributed by atoms with E-state index in [0.717, 1.165) is 5.69 Å². The first-order chi connectivity index (χ1) is 4.75. The van der Waals surface area contributed by atoms with Crippen molar-refractivity contribution in [3.05, 3.63) is 24.0 Å². The zero-order valence-electron chi connectivity index (χ0n) is 6.33. The quantitative estimate of drug-likeness (QED) is 0.730. The molecule has 0 radical (unpaired) electrons. The van der Waals surface area contributed by atoms with Crippen molar-refractivity contribution in [2.24, 2.45) is 12.8 Å². The number of hydrogen-bond donors (Lipinski definition) is 1. The van der Waals surface area contributed by atoms with E-state index in [1.54, 1.807) is 0 Å². The molecule has 0 aliphatic rings. The van der Waals surface area contributed by atoms with Crippen LogP contribution in [0.2, 0.25) is 0 Å². The predicted molar refractivity (Wildman–Crippen MR) is 45.6 cm³/mol. The number of hydrogen-bond acceptors (Lipinski definition) is 1. The van der Waals surface area contributed by atoms with Crippen LogP contribution >= 0.6 is 12.4 Å². The molecule has 0 aliphatic heterocycles. The lowest BCUT2D eigenvalue weighted by atomic mass is 10.2. The highest BCUT2D eigenvalue weighted by molar-refractivity contribution is 5.85. The van der Waals surface area contributed by atoms with Crippen molar-refractivity contribution < 1.29 is 4.39 Å². The van der Waals surface area contributed by atoms with E-state index in [1.807, 2.05) is 29.9 Å². The summed E-state index contributed by atoms with van der Waals surface area (Å²) in [6, 6.07) is 3.20. The lowest BCUT2D eigenvalue weighted by Gasteiger charge is -2.07. The van der Waals surface area contributed by atoms with Crippen molar-refractivity contribution >= 4 is 12.4 Å². The van der Waals surface area contributed by atoms with Gasteiger partial charge in [-0.2, -0.15) is 0 Å². The van der Waals surface area contributed by atoms with Gasteiger partial charge in [-0.25, -0.2) is 4.39 Å². The molecule has 1 rings (SSSR count). The van der Waals surface area contributed by atoms with Gasteiger partial charge in [0.05, 0.1) is 6.04 Å². The van der Waals surface area contributed by atoms with Gasteiger partial charge < -0.3 is 10.3 Å². The molecule has 64 valence electrons. The summed E-state index contributed by atoms with van der Waals surface area (Å²) in [7, 11) is 1.85. The maximum atomic E-state index is 12.0. The van der Waals surface area contributed by atoms with Gasteiger partial charge in [-0.05, 0) is 12.1 Å². The minimum atomic E-state index is -0.502. The Morgan fingerprint density at radius 2 is 2.36 bits per heavy atom. The van der Waals surface area contributed by atoms with Crippen molar-refractivity contribution in [2.75, 3.05) is 6.67 Å². The van der Waals surface area contributed by atoms with Gasteiger partial charge in [0.2, 0.25) is 0 Å². The number of nitrogens with two attached hydrogens (primary N) is 1. The monoisotopic (exact) mass is 178 g/mol. The van der Waals surface area contributed by atoms with Crippen molar-refractivity contribution in [3.63, 3.8) is 0 Å². The van der Waals surface area contributed by atoms with Crippen LogP contribution in [0.15, 0.2) is 18.3 Å². The number of aryl methyl sites for hydroxylation is 1. The van der Waals surface area contributed by atoms with Crippen LogP contribution in [-0.2, 0) is 7.05 Å². The van der Waals surface area contributed by atoms with Gasteiger partial charge in [-0.3, -0.25) is 0 Å². The molecular formula is C7H12ClFN2. The average Bonchev–Trinajstić information content (AvgIpc) is 2.34. The number of halogens is 2.